The van der Waals surface area contributed by atoms with Crippen molar-refractivity contribution in [2.75, 3.05) is 0 Å². The van der Waals surface area contributed by atoms with Gasteiger partial charge in [0.1, 0.15) is 0 Å². The summed E-state index contributed by atoms with van der Waals surface area (Å²) >= 11 is 0. The van der Waals surface area contributed by atoms with Crippen molar-refractivity contribution in [2.45, 2.75) is 19.8 Å². The third-order valence-electron chi connectivity index (χ3n) is 2.68. The van der Waals surface area contributed by atoms with E-state index in [4.69, 9.17) is 0 Å². The van der Waals surface area contributed by atoms with Crippen molar-refractivity contribution in [1.29, 1.82) is 0 Å². The number of rotatable bonds is 2. The van der Waals surface area contributed by atoms with Crippen LogP contribution in [0.3, 0.4) is 0 Å². The fourth-order valence-corrected chi connectivity index (χ4v) is 1.69. The van der Waals surface area contributed by atoms with Gasteiger partial charge in [-0.1, -0.05) is 68.4 Å². The van der Waals surface area contributed by atoms with Gasteiger partial charge in [-0.25, -0.2) is 0 Å². The van der Waals surface area contributed by atoms with Crippen molar-refractivity contribution >= 4 is 0 Å². The van der Waals surface area contributed by atoms with Gasteiger partial charge in [-0.15, -0.1) is 0 Å². The van der Waals surface area contributed by atoms with E-state index in [2.05, 4.69) is 62.4 Å². The van der Waals surface area contributed by atoms with E-state index < -0.39 is 0 Å². The first-order chi connectivity index (χ1) is 7.27. The van der Waals surface area contributed by atoms with Crippen LogP contribution in [0.15, 0.2) is 54.6 Å². The standard InChI is InChI=1S/C15H16.Rh/c1-12(2)13-8-10-15(11-9-13)14-6-4-3-5-7-14;/h3-12H,1-2H3;. The van der Waals surface area contributed by atoms with E-state index in [1.807, 2.05) is 6.07 Å². The first-order valence-corrected chi connectivity index (χ1v) is 5.43. The van der Waals surface area contributed by atoms with E-state index >= 15 is 0 Å². The van der Waals surface area contributed by atoms with Gasteiger partial charge >= 0.3 is 0 Å². The van der Waals surface area contributed by atoms with Crippen molar-refractivity contribution in [3.63, 3.8) is 0 Å². The van der Waals surface area contributed by atoms with Gasteiger partial charge in [0.05, 0.1) is 0 Å². The Morgan fingerprint density at radius 2 is 1.19 bits per heavy atom. The Morgan fingerprint density at radius 3 is 1.69 bits per heavy atom. The summed E-state index contributed by atoms with van der Waals surface area (Å²) in [6.07, 6.45) is 0. The molecule has 0 amide bonds. The second kappa shape index (κ2) is 5.96. The Kier molecular flexibility index (Phi) is 4.89. The van der Waals surface area contributed by atoms with E-state index in [9.17, 15) is 0 Å². The fraction of sp³-hybridized carbons (Fsp3) is 0.200. The van der Waals surface area contributed by atoms with Gasteiger partial charge in [0.2, 0.25) is 0 Å². The molecule has 1 heteroatoms. The van der Waals surface area contributed by atoms with Crippen molar-refractivity contribution in [3.8, 4) is 11.1 Å². The van der Waals surface area contributed by atoms with Gasteiger partial charge < -0.3 is 0 Å². The maximum absolute atomic E-state index is 2.22. The topological polar surface area (TPSA) is 0 Å². The van der Waals surface area contributed by atoms with Gasteiger partial charge in [0, 0.05) is 19.5 Å². The first-order valence-electron chi connectivity index (χ1n) is 5.43. The number of hydrogen-bond donors (Lipinski definition) is 0. The van der Waals surface area contributed by atoms with Gasteiger partial charge in [-0.2, -0.15) is 0 Å². The quantitative estimate of drug-likeness (QED) is 0.718. The normalized spacial score (nSPS) is 9.94. The molecule has 0 spiro atoms. The zero-order chi connectivity index (χ0) is 10.7. The van der Waals surface area contributed by atoms with Crippen LogP contribution in [0.2, 0.25) is 0 Å². The Balaban J connectivity index is 0.00000128. The van der Waals surface area contributed by atoms with Crippen LogP contribution in [0.5, 0.6) is 0 Å². The third-order valence-corrected chi connectivity index (χ3v) is 2.68. The molecule has 0 N–H and O–H groups in total. The Morgan fingerprint density at radius 1 is 0.688 bits per heavy atom. The van der Waals surface area contributed by atoms with Crippen LogP contribution in [-0.4, -0.2) is 0 Å². The predicted octanol–water partition coefficient (Wildman–Crippen LogP) is 4.47. The number of hydrogen-bond acceptors (Lipinski definition) is 0. The van der Waals surface area contributed by atoms with E-state index in [0.29, 0.717) is 5.92 Å². The summed E-state index contributed by atoms with van der Waals surface area (Å²) in [5, 5.41) is 0. The van der Waals surface area contributed by atoms with Crippen LogP contribution in [0.25, 0.3) is 11.1 Å². The third kappa shape index (κ3) is 3.03. The summed E-state index contributed by atoms with van der Waals surface area (Å²) in [5.74, 6) is 0.606. The molecule has 2 rings (SSSR count). The molecule has 2 aromatic rings. The number of benzene rings is 2. The van der Waals surface area contributed by atoms with E-state index in [-0.39, 0.29) is 19.5 Å². The molecule has 0 nitrogen and oxygen atoms in total. The second-order valence-corrected chi connectivity index (χ2v) is 4.14. The Bertz CT molecular complexity index is 415. The van der Waals surface area contributed by atoms with E-state index in [1.54, 1.807) is 0 Å². The largest absolute Gasteiger partial charge is 0.0622 e. The summed E-state index contributed by atoms with van der Waals surface area (Å²) < 4.78 is 0. The molecule has 0 heterocycles. The van der Waals surface area contributed by atoms with Gasteiger partial charge in [-0.05, 0) is 22.6 Å². The summed E-state index contributed by atoms with van der Waals surface area (Å²) in [6.45, 7) is 4.44. The summed E-state index contributed by atoms with van der Waals surface area (Å²) in [4.78, 5) is 0. The minimum atomic E-state index is 0. The maximum atomic E-state index is 2.22. The predicted molar refractivity (Wildman–Crippen MR) is 66.0 cm³/mol. The monoisotopic (exact) mass is 299 g/mol. The van der Waals surface area contributed by atoms with Crippen molar-refractivity contribution in [1.82, 2.24) is 0 Å². The smallest absolute Gasteiger partial charge is 0 e. The van der Waals surface area contributed by atoms with Crippen LogP contribution in [0, 0.1) is 0 Å². The van der Waals surface area contributed by atoms with E-state index in [1.165, 1.54) is 16.7 Å². The Hall–Kier alpha value is -0.937. The average molecular weight is 299 g/mol. The molecular weight excluding hydrogens is 283 g/mol. The van der Waals surface area contributed by atoms with Crippen molar-refractivity contribution in [3.05, 3.63) is 60.2 Å². The molecule has 0 saturated heterocycles. The summed E-state index contributed by atoms with van der Waals surface area (Å²) in [7, 11) is 0. The molecule has 0 fully saturated rings. The summed E-state index contributed by atoms with van der Waals surface area (Å²) in [6, 6.07) is 19.3. The first kappa shape index (κ1) is 13.1. The molecule has 2 aromatic carbocycles. The molecule has 16 heavy (non-hydrogen) atoms. The summed E-state index contributed by atoms with van der Waals surface area (Å²) in [5.41, 5.74) is 3.97. The molecule has 0 bridgehead atoms. The molecule has 85 valence electrons. The minimum absolute atomic E-state index is 0. The minimum Gasteiger partial charge on any atom is -0.0622 e. The van der Waals surface area contributed by atoms with Crippen molar-refractivity contribution < 1.29 is 19.5 Å². The second-order valence-electron chi connectivity index (χ2n) is 4.14. The molecule has 0 aliphatic carbocycles. The molecule has 0 aromatic heterocycles. The molecule has 0 unspecified atom stereocenters. The molecule has 0 saturated carbocycles. The zero-order valence-corrected chi connectivity index (χ0v) is 11.2. The molecule has 0 atom stereocenters. The SMILES string of the molecule is CC(C)c1ccc(-c2ccccc2)cc1.[Rh]. The maximum Gasteiger partial charge on any atom is 0 e. The molecular formula is C15H16Rh. The molecule has 1 radical (unpaired) electrons. The molecule has 0 aliphatic heterocycles. The van der Waals surface area contributed by atoms with Crippen LogP contribution in [-0.2, 0) is 19.5 Å². The zero-order valence-electron chi connectivity index (χ0n) is 9.61. The average Bonchev–Trinajstić information content (AvgIpc) is 2.30. The van der Waals surface area contributed by atoms with Gasteiger partial charge in [0.25, 0.3) is 0 Å². The fourth-order valence-electron chi connectivity index (χ4n) is 1.69. The van der Waals surface area contributed by atoms with Crippen molar-refractivity contribution in [2.24, 2.45) is 0 Å². The van der Waals surface area contributed by atoms with Crippen LogP contribution >= 0.6 is 0 Å². The van der Waals surface area contributed by atoms with Gasteiger partial charge in [0.15, 0.2) is 0 Å². The Labute approximate surface area is 110 Å². The van der Waals surface area contributed by atoms with Crippen LogP contribution in [0.1, 0.15) is 25.3 Å². The van der Waals surface area contributed by atoms with Crippen LogP contribution in [0.4, 0.5) is 0 Å². The molecule has 0 aliphatic rings. The van der Waals surface area contributed by atoms with E-state index in [0.717, 1.165) is 0 Å². The van der Waals surface area contributed by atoms with Crippen LogP contribution < -0.4 is 0 Å². The van der Waals surface area contributed by atoms with Gasteiger partial charge in [-0.3, -0.25) is 0 Å².